The lowest BCUT2D eigenvalue weighted by atomic mass is 9.70. The first-order chi connectivity index (χ1) is 44.7. The third-order valence-corrected chi connectivity index (χ3v) is 19.1. The lowest BCUT2D eigenvalue weighted by molar-refractivity contribution is 1.57. The summed E-state index contributed by atoms with van der Waals surface area (Å²) in [5.74, 6) is 0. The maximum absolute atomic E-state index is 2.51. The fraction of sp³-hybridized carbons (Fsp3) is 0. The van der Waals surface area contributed by atoms with Gasteiger partial charge in [0.2, 0.25) is 0 Å². The molecule has 0 aliphatic rings. The minimum atomic E-state index is 1.13. The van der Waals surface area contributed by atoms with Crippen molar-refractivity contribution >= 4 is 97.0 Å². The van der Waals surface area contributed by atoms with Crippen molar-refractivity contribution in [3.8, 4) is 89.0 Å². The highest BCUT2D eigenvalue weighted by molar-refractivity contribution is 6.35. The Hall–Kier alpha value is -11.7. The van der Waals surface area contributed by atoms with Crippen molar-refractivity contribution in [2.75, 3.05) is 0 Å². The van der Waals surface area contributed by atoms with Crippen molar-refractivity contribution in [3.05, 3.63) is 340 Å². The average molecular weight is 1140 g/mol. The van der Waals surface area contributed by atoms with E-state index >= 15 is 0 Å². The summed E-state index contributed by atoms with van der Waals surface area (Å²) in [6.07, 6.45) is 0. The molecule has 0 spiro atoms. The van der Waals surface area contributed by atoms with Gasteiger partial charge in [0.1, 0.15) is 0 Å². The van der Waals surface area contributed by atoms with Gasteiger partial charge < -0.3 is 0 Å². The fourth-order valence-electron chi connectivity index (χ4n) is 15.4. The molecule has 0 N–H and O–H groups in total. The fourth-order valence-corrected chi connectivity index (χ4v) is 15.4. The third kappa shape index (κ3) is 8.02. The highest BCUT2D eigenvalue weighted by atomic mass is 14.4. The van der Waals surface area contributed by atoms with Crippen molar-refractivity contribution in [2.24, 2.45) is 0 Å². The molecular weight excluding hydrogens is 1080 g/mol. The molecule has 0 nitrogen and oxygen atoms in total. The van der Waals surface area contributed by atoms with E-state index in [0.29, 0.717) is 0 Å². The molecule has 0 aromatic heterocycles. The summed E-state index contributed by atoms with van der Waals surface area (Å²) in [5.41, 5.74) is 18.7. The third-order valence-electron chi connectivity index (χ3n) is 19.1. The molecule has 0 unspecified atom stereocenters. The van der Waals surface area contributed by atoms with E-state index in [1.165, 1.54) is 164 Å². The Morgan fingerprint density at radius 3 is 0.500 bits per heavy atom. The summed E-state index contributed by atoms with van der Waals surface area (Å²) in [6.45, 7) is 0. The van der Waals surface area contributed by atoms with Gasteiger partial charge in [-0.15, -0.1) is 0 Å². The molecule has 90 heavy (non-hydrogen) atoms. The Morgan fingerprint density at radius 1 is 0.122 bits per heavy atom. The zero-order valence-electron chi connectivity index (χ0n) is 49.3. The molecule has 0 atom stereocenters. The van der Waals surface area contributed by atoms with E-state index in [-0.39, 0.29) is 0 Å². The van der Waals surface area contributed by atoms with Crippen LogP contribution in [0.4, 0.5) is 0 Å². The Bertz CT molecular complexity index is 5190. The van der Waals surface area contributed by atoms with E-state index in [1.807, 2.05) is 0 Å². The molecule has 18 rings (SSSR count). The largest absolute Gasteiger partial charge is 0.0622 e. The summed E-state index contributed by atoms with van der Waals surface area (Å²) < 4.78 is 0. The SMILES string of the molecule is c1ccc(-c2c(-c3cc4ccccc4c4ccccc34)c(-c3cc4ccccc4c4ccccc34)c(-c3ccccc3)c3c(-c4ccccc4)c(-c4cc5ccccc5c5ccccc45)c(-c4cc5ccccc5c5ccccc45)c(-c4ccccc4)c23)cc1. The number of fused-ring (bicyclic) bond motifs is 13. The van der Waals surface area contributed by atoms with Crippen LogP contribution < -0.4 is 0 Å². The number of hydrogen-bond donors (Lipinski definition) is 0. The van der Waals surface area contributed by atoms with Gasteiger partial charge in [0.15, 0.2) is 0 Å². The van der Waals surface area contributed by atoms with Crippen molar-refractivity contribution < 1.29 is 0 Å². The highest BCUT2D eigenvalue weighted by Gasteiger charge is 2.35. The highest BCUT2D eigenvalue weighted by Crippen LogP contribution is 2.62. The quantitative estimate of drug-likeness (QED) is 0.133. The Balaban J connectivity index is 1.24. The normalized spacial score (nSPS) is 11.8. The lowest BCUT2D eigenvalue weighted by Gasteiger charge is -2.32. The zero-order valence-corrected chi connectivity index (χ0v) is 49.3. The molecule has 18 aromatic carbocycles. The Kier molecular flexibility index (Phi) is 12.0. The molecular formula is C90H56. The summed E-state index contributed by atoms with van der Waals surface area (Å²) in [4.78, 5) is 0. The van der Waals surface area contributed by atoms with Gasteiger partial charge in [-0.2, -0.15) is 0 Å². The molecule has 0 saturated heterocycles. The van der Waals surface area contributed by atoms with E-state index < -0.39 is 0 Å². The standard InChI is InChI=1S/C90H56/c1-5-29-57(30-6-1)81-85(77-53-61-37-13-17-41-65(61)69-45-21-25-49-73(69)77)86(78-54-62-38-14-18-42-66(62)70-46-22-26-50-74(70)78)83(59-33-9-3-10-34-59)90-84(60-35-11-4-12-36-60)88(80-56-64-40-16-20-44-68(64)72-48-24-28-52-76(72)80)87(82(89(81)90)58-31-7-2-8-32-58)79-55-63-39-15-19-43-67(63)71-47-23-27-51-75(71)79/h1-56H. The topological polar surface area (TPSA) is 0 Å². The molecule has 0 radical (unpaired) electrons. The van der Waals surface area contributed by atoms with Crippen LogP contribution in [0, 0.1) is 0 Å². The van der Waals surface area contributed by atoms with E-state index in [9.17, 15) is 0 Å². The lowest BCUT2D eigenvalue weighted by Crippen LogP contribution is -2.05. The average Bonchev–Trinajstić information content (AvgIpc) is 0.683. The molecule has 18 aromatic rings. The van der Waals surface area contributed by atoms with Gasteiger partial charge in [-0.1, -0.05) is 315 Å². The summed E-state index contributed by atoms with van der Waals surface area (Å²) in [5, 5.41) is 21.7. The van der Waals surface area contributed by atoms with Gasteiger partial charge in [0, 0.05) is 0 Å². The van der Waals surface area contributed by atoms with Gasteiger partial charge in [-0.05, 0) is 210 Å². The van der Waals surface area contributed by atoms with Crippen molar-refractivity contribution in [3.63, 3.8) is 0 Å². The summed E-state index contributed by atoms with van der Waals surface area (Å²) >= 11 is 0. The Morgan fingerprint density at radius 2 is 0.289 bits per heavy atom. The predicted molar refractivity (Wildman–Crippen MR) is 387 cm³/mol. The van der Waals surface area contributed by atoms with Crippen LogP contribution in [0.5, 0.6) is 0 Å². The predicted octanol–water partition coefficient (Wildman–Crippen LogP) is 25.4. The first kappa shape index (κ1) is 51.5. The second-order valence-corrected chi connectivity index (χ2v) is 24.0. The second kappa shape index (κ2) is 21.0. The maximum Gasteiger partial charge on any atom is -0.0000928 e. The molecule has 416 valence electrons. The van der Waals surface area contributed by atoms with Crippen LogP contribution >= 0.6 is 0 Å². The van der Waals surface area contributed by atoms with Crippen LogP contribution in [0.25, 0.3) is 186 Å². The molecule has 0 fully saturated rings. The van der Waals surface area contributed by atoms with Crippen LogP contribution in [0.3, 0.4) is 0 Å². The van der Waals surface area contributed by atoms with Crippen LogP contribution in [-0.2, 0) is 0 Å². The number of benzene rings is 18. The van der Waals surface area contributed by atoms with Gasteiger partial charge in [0.05, 0.1) is 0 Å². The molecule has 0 heteroatoms. The van der Waals surface area contributed by atoms with Gasteiger partial charge >= 0.3 is 0 Å². The molecule has 0 heterocycles. The first-order valence-corrected chi connectivity index (χ1v) is 31.3. The monoisotopic (exact) mass is 1140 g/mol. The minimum absolute atomic E-state index is 1.13. The van der Waals surface area contributed by atoms with Crippen LogP contribution in [0.2, 0.25) is 0 Å². The van der Waals surface area contributed by atoms with E-state index in [2.05, 4.69) is 340 Å². The van der Waals surface area contributed by atoms with Crippen molar-refractivity contribution in [2.45, 2.75) is 0 Å². The van der Waals surface area contributed by atoms with E-state index in [4.69, 9.17) is 0 Å². The van der Waals surface area contributed by atoms with Crippen molar-refractivity contribution in [1.82, 2.24) is 0 Å². The van der Waals surface area contributed by atoms with Gasteiger partial charge in [-0.3, -0.25) is 0 Å². The first-order valence-electron chi connectivity index (χ1n) is 31.3. The van der Waals surface area contributed by atoms with E-state index in [1.54, 1.807) is 0 Å². The summed E-state index contributed by atoms with van der Waals surface area (Å²) in [6, 6.07) is 128. The molecule has 0 amide bonds. The molecule has 0 aliphatic heterocycles. The van der Waals surface area contributed by atoms with Gasteiger partial charge in [-0.25, -0.2) is 0 Å². The van der Waals surface area contributed by atoms with Crippen LogP contribution in [-0.4, -0.2) is 0 Å². The number of rotatable bonds is 8. The minimum Gasteiger partial charge on any atom is -0.0622 e. The van der Waals surface area contributed by atoms with Crippen molar-refractivity contribution in [1.29, 1.82) is 0 Å². The number of hydrogen-bond acceptors (Lipinski definition) is 0. The van der Waals surface area contributed by atoms with Crippen LogP contribution in [0.1, 0.15) is 0 Å². The Labute approximate surface area is 522 Å². The maximum atomic E-state index is 2.51. The summed E-state index contributed by atoms with van der Waals surface area (Å²) in [7, 11) is 0. The molecule has 0 saturated carbocycles. The molecule has 0 aliphatic carbocycles. The smallest absolute Gasteiger partial charge is 0.0000928 e. The van der Waals surface area contributed by atoms with E-state index in [0.717, 1.165) is 22.3 Å². The zero-order chi connectivity index (χ0) is 59.2. The van der Waals surface area contributed by atoms with Gasteiger partial charge in [0.25, 0.3) is 0 Å². The second-order valence-electron chi connectivity index (χ2n) is 24.0. The van der Waals surface area contributed by atoms with Crippen LogP contribution in [0.15, 0.2) is 340 Å². The molecule has 0 bridgehead atoms.